The van der Waals surface area contributed by atoms with Crippen LogP contribution in [0.15, 0.2) is 104 Å². The zero-order valence-corrected chi connectivity index (χ0v) is 21.6. The van der Waals surface area contributed by atoms with Crippen LogP contribution in [0.4, 0.5) is 0 Å². The van der Waals surface area contributed by atoms with E-state index in [0.717, 1.165) is 24.3 Å². The fourth-order valence-corrected chi connectivity index (χ4v) is 7.42. The third-order valence-electron chi connectivity index (χ3n) is 6.63. The fourth-order valence-electron chi connectivity index (χ4n) is 5.00. The zero-order valence-electron chi connectivity index (χ0n) is 19.8. The first-order valence-corrected chi connectivity index (χ1v) is 14.2. The van der Waals surface area contributed by atoms with E-state index in [-0.39, 0.29) is 0 Å². The number of benzene rings is 5. The highest BCUT2D eigenvalue weighted by Crippen LogP contribution is 2.44. The number of aryl methyl sites for hydroxylation is 1. The van der Waals surface area contributed by atoms with Crippen LogP contribution in [0.1, 0.15) is 12.0 Å². The lowest BCUT2D eigenvalue weighted by atomic mass is 9.96. The molecule has 6 rings (SSSR count). The van der Waals surface area contributed by atoms with E-state index in [1.54, 1.807) is 0 Å². The first-order valence-electron chi connectivity index (χ1n) is 12.1. The quantitative estimate of drug-likeness (QED) is 0.0717. The van der Waals surface area contributed by atoms with Gasteiger partial charge < -0.3 is 4.74 Å². The first kappa shape index (κ1) is 22.9. The summed E-state index contributed by atoms with van der Waals surface area (Å²) in [6.07, 6.45) is 4.35. The highest BCUT2D eigenvalue weighted by Gasteiger charge is 2.15. The van der Waals surface area contributed by atoms with Crippen LogP contribution in [-0.4, -0.2) is 12.1 Å². The van der Waals surface area contributed by atoms with E-state index in [9.17, 15) is 4.79 Å². The van der Waals surface area contributed by atoms with Crippen LogP contribution in [0.2, 0.25) is 0 Å². The van der Waals surface area contributed by atoms with Gasteiger partial charge in [-0.05, 0) is 64.3 Å². The highest BCUT2D eigenvalue weighted by atomic mass is 32.1. The molecule has 0 aliphatic rings. The number of hydrogen-bond acceptors (Lipinski definition) is 3. The smallest absolute Gasteiger partial charge is 0.335 e. The summed E-state index contributed by atoms with van der Waals surface area (Å²) in [5, 5.41) is 9.11. The second kappa shape index (κ2) is 9.85. The van der Waals surface area contributed by atoms with Gasteiger partial charge in [0.2, 0.25) is 0 Å². The lowest BCUT2D eigenvalue weighted by Gasteiger charge is -2.10. The van der Waals surface area contributed by atoms with Crippen molar-refractivity contribution in [1.82, 2.24) is 0 Å². The van der Waals surface area contributed by atoms with Crippen molar-refractivity contribution in [2.75, 3.05) is 6.16 Å². The second-order valence-corrected chi connectivity index (χ2v) is 11.3. The fraction of sp³-hybridized carbons (Fsp3) is 0.0938. The minimum absolute atomic E-state index is 0.414. The largest absolute Gasteiger partial charge is 0.423 e. The molecule has 2 nitrogen and oxygen atoms in total. The van der Waals surface area contributed by atoms with E-state index < -0.39 is 5.97 Å². The maximum absolute atomic E-state index is 11.7. The van der Waals surface area contributed by atoms with Crippen molar-refractivity contribution >= 4 is 72.9 Å². The van der Waals surface area contributed by atoms with Crippen molar-refractivity contribution in [2.24, 2.45) is 0 Å². The number of carbonyl (C=O) groups is 1. The van der Waals surface area contributed by atoms with Crippen LogP contribution in [0.3, 0.4) is 0 Å². The molecule has 1 unspecified atom stereocenters. The van der Waals surface area contributed by atoms with Gasteiger partial charge in [-0.2, -0.15) is 0 Å². The average molecular weight is 505 g/mol. The molecule has 176 valence electrons. The van der Waals surface area contributed by atoms with Crippen molar-refractivity contribution in [3.63, 3.8) is 0 Å². The van der Waals surface area contributed by atoms with Crippen LogP contribution in [0, 0.1) is 0 Å². The van der Waals surface area contributed by atoms with Gasteiger partial charge >= 0.3 is 5.97 Å². The number of ether oxygens (including phenoxy) is 1. The Labute approximate surface area is 216 Å². The summed E-state index contributed by atoms with van der Waals surface area (Å²) < 4.78 is 8.19. The van der Waals surface area contributed by atoms with Crippen molar-refractivity contribution in [3.05, 3.63) is 109 Å². The third-order valence-corrected chi connectivity index (χ3v) is 9.26. The zero-order chi connectivity index (χ0) is 24.5. The summed E-state index contributed by atoms with van der Waals surface area (Å²) in [6, 6.07) is 32.2. The maximum atomic E-state index is 11.7. The summed E-state index contributed by atoms with van der Waals surface area (Å²) >= 11 is 1.92. The van der Waals surface area contributed by atoms with E-state index in [1.165, 1.54) is 53.4 Å². The molecule has 0 bridgehead atoms. The van der Waals surface area contributed by atoms with E-state index in [2.05, 4.69) is 79.4 Å². The molecule has 0 saturated heterocycles. The molecule has 1 atom stereocenters. The Morgan fingerprint density at radius 2 is 1.58 bits per heavy atom. The van der Waals surface area contributed by atoms with Crippen molar-refractivity contribution in [3.8, 4) is 5.75 Å². The van der Waals surface area contributed by atoms with Gasteiger partial charge in [0.1, 0.15) is 5.75 Å². The number of thiophene rings is 1. The van der Waals surface area contributed by atoms with E-state index in [4.69, 9.17) is 4.74 Å². The molecule has 4 heteroatoms. The van der Waals surface area contributed by atoms with Gasteiger partial charge in [0.25, 0.3) is 0 Å². The van der Waals surface area contributed by atoms with Crippen LogP contribution in [-0.2, 0) is 11.2 Å². The standard InChI is InChI=1S/C32H25O2PS/c1-2-29(33)34-26-15-7-8-16-27(26)35-19-9-12-23-20-22-11-4-6-14-25(22)31-30-24-13-5-3-10-21(24)17-18-28(30)36-32(23)31/h2-8,10-11,13-18,20,35H,1,9,12,19H2. The number of carbonyl (C=O) groups excluding carboxylic acids is 1. The summed E-state index contributed by atoms with van der Waals surface area (Å²) in [5.74, 6) is 0.230. The lowest BCUT2D eigenvalue weighted by molar-refractivity contribution is -0.128. The molecule has 1 aromatic heterocycles. The molecule has 0 spiro atoms. The highest BCUT2D eigenvalue weighted by molar-refractivity contribution is 7.47. The Morgan fingerprint density at radius 3 is 2.42 bits per heavy atom. The second-order valence-electron chi connectivity index (χ2n) is 8.87. The molecule has 6 aromatic rings. The summed E-state index contributed by atoms with van der Waals surface area (Å²) in [7, 11) is 0.584. The molecule has 0 amide bonds. The Kier molecular flexibility index (Phi) is 6.27. The normalized spacial score (nSPS) is 11.8. The van der Waals surface area contributed by atoms with Gasteiger partial charge in [0.15, 0.2) is 0 Å². The van der Waals surface area contributed by atoms with Gasteiger partial charge in [-0.25, -0.2) is 4.79 Å². The Morgan fingerprint density at radius 1 is 0.861 bits per heavy atom. The summed E-state index contributed by atoms with van der Waals surface area (Å²) in [6.45, 7) is 3.50. The van der Waals surface area contributed by atoms with E-state index in [1.807, 2.05) is 29.5 Å². The third kappa shape index (κ3) is 4.19. The van der Waals surface area contributed by atoms with Crippen molar-refractivity contribution in [1.29, 1.82) is 0 Å². The number of fused-ring (bicyclic) bond motifs is 7. The molecular formula is C32H25O2PS. The summed E-state index contributed by atoms with van der Waals surface area (Å²) in [4.78, 5) is 11.7. The average Bonchev–Trinajstić information content (AvgIpc) is 3.32. The first-order chi connectivity index (χ1) is 17.7. The molecule has 36 heavy (non-hydrogen) atoms. The van der Waals surface area contributed by atoms with Gasteiger partial charge in [0, 0.05) is 31.6 Å². The van der Waals surface area contributed by atoms with Crippen LogP contribution in [0.25, 0.3) is 41.7 Å². The van der Waals surface area contributed by atoms with Crippen molar-refractivity contribution in [2.45, 2.75) is 12.8 Å². The topological polar surface area (TPSA) is 26.3 Å². The predicted octanol–water partition coefficient (Wildman–Crippen LogP) is 8.39. The molecule has 0 saturated carbocycles. The maximum Gasteiger partial charge on any atom is 0.335 e. The SMILES string of the molecule is C=CC(=O)Oc1ccccc1PCCCc1cc2ccccc2c2c1sc1ccc3ccccc3c12. The molecule has 0 aliphatic carbocycles. The van der Waals surface area contributed by atoms with E-state index >= 15 is 0 Å². The van der Waals surface area contributed by atoms with Gasteiger partial charge in [-0.1, -0.05) is 88.0 Å². The predicted molar refractivity (Wildman–Crippen MR) is 158 cm³/mol. The molecular weight excluding hydrogens is 479 g/mol. The number of para-hydroxylation sites is 1. The molecule has 0 radical (unpaired) electrons. The van der Waals surface area contributed by atoms with E-state index in [0.29, 0.717) is 14.3 Å². The number of esters is 1. The van der Waals surface area contributed by atoms with Crippen LogP contribution in [0.5, 0.6) is 5.75 Å². The number of hydrogen-bond donors (Lipinski definition) is 0. The van der Waals surface area contributed by atoms with Crippen LogP contribution < -0.4 is 10.0 Å². The molecule has 1 heterocycles. The lowest BCUT2D eigenvalue weighted by Crippen LogP contribution is -2.10. The molecule has 5 aromatic carbocycles. The molecule has 0 N–H and O–H groups in total. The van der Waals surface area contributed by atoms with Gasteiger partial charge in [-0.15, -0.1) is 11.3 Å². The van der Waals surface area contributed by atoms with Gasteiger partial charge in [0.05, 0.1) is 0 Å². The molecule has 0 aliphatic heterocycles. The Balaban J connectivity index is 1.34. The molecule has 0 fully saturated rings. The summed E-state index contributed by atoms with van der Waals surface area (Å²) in [5.41, 5.74) is 1.42. The minimum atomic E-state index is -0.414. The Bertz CT molecular complexity index is 1770. The Hall–Kier alpha value is -3.52. The van der Waals surface area contributed by atoms with Crippen molar-refractivity contribution < 1.29 is 9.53 Å². The monoisotopic (exact) mass is 504 g/mol. The minimum Gasteiger partial charge on any atom is -0.423 e. The van der Waals surface area contributed by atoms with Crippen LogP contribution >= 0.6 is 19.9 Å². The number of rotatable bonds is 7. The van der Waals surface area contributed by atoms with Gasteiger partial charge in [-0.3, -0.25) is 0 Å².